The van der Waals surface area contributed by atoms with Gasteiger partial charge >= 0.3 is 0 Å². The molecule has 0 aromatic heterocycles. The summed E-state index contributed by atoms with van der Waals surface area (Å²) < 4.78 is 0. The zero-order chi connectivity index (χ0) is 20.8. The number of piperazine rings is 1. The van der Waals surface area contributed by atoms with Crippen LogP contribution in [0.15, 0.2) is 54.6 Å². The molecule has 0 radical (unpaired) electrons. The van der Waals surface area contributed by atoms with Crippen LogP contribution < -0.4 is 0 Å². The highest BCUT2D eigenvalue weighted by atomic mass is 16.3. The van der Waals surface area contributed by atoms with E-state index >= 15 is 0 Å². The number of Topliss-reactive ketones (excluding diaryl/α,β-unsaturated/α-hetero) is 1. The Morgan fingerprint density at radius 2 is 1.55 bits per heavy atom. The smallest absolute Gasteiger partial charge is 0.253 e. The number of benzene rings is 2. The lowest BCUT2D eigenvalue weighted by Crippen LogP contribution is -2.57. The Labute approximate surface area is 172 Å². The van der Waals surface area contributed by atoms with Crippen LogP contribution in [0.3, 0.4) is 0 Å². The van der Waals surface area contributed by atoms with Gasteiger partial charge in [0.05, 0.1) is 0 Å². The van der Waals surface area contributed by atoms with Crippen LogP contribution in [0.1, 0.15) is 41.8 Å². The van der Waals surface area contributed by atoms with Gasteiger partial charge in [0.2, 0.25) is 0 Å². The first-order chi connectivity index (χ1) is 14.0. The number of hydrogen-bond donors (Lipinski definition) is 1. The quantitative estimate of drug-likeness (QED) is 0.784. The van der Waals surface area contributed by atoms with Gasteiger partial charge in [-0.2, -0.15) is 0 Å². The molecule has 1 aliphatic rings. The van der Waals surface area contributed by atoms with Crippen molar-refractivity contribution in [2.24, 2.45) is 0 Å². The van der Waals surface area contributed by atoms with Gasteiger partial charge in [0.15, 0.2) is 5.78 Å². The van der Waals surface area contributed by atoms with Crippen LogP contribution in [0, 0.1) is 0 Å². The molecule has 1 amide bonds. The zero-order valence-corrected chi connectivity index (χ0v) is 17.3. The summed E-state index contributed by atoms with van der Waals surface area (Å²) in [6.45, 7) is 6.27. The van der Waals surface area contributed by atoms with Crippen molar-refractivity contribution in [1.82, 2.24) is 9.80 Å². The van der Waals surface area contributed by atoms with Gasteiger partial charge in [0.25, 0.3) is 5.91 Å². The van der Waals surface area contributed by atoms with Crippen molar-refractivity contribution in [3.05, 3.63) is 71.3 Å². The number of aliphatic hydroxyl groups excluding tert-OH is 1. The van der Waals surface area contributed by atoms with E-state index in [4.69, 9.17) is 5.11 Å². The molecule has 2 atom stereocenters. The number of aryl methyl sites for hydroxylation is 1. The van der Waals surface area contributed by atoms with Crippen LogP contribution in [0.5, 0.6) is 0 Å². The average Bonchev–Trinajstić information content (AvgIpc) is 2.75. The average molecular weight is 395 g/mol. The largest absolute Gasteiger partial charge is 0.389 e. The number of hydrogen-bond acceptors (Lipinski definition) is 4. The van der Waals surface area contributed by atoms with Gasteiger partial charge in [-0.25, -0.2) is 0 Å². The zero-order valence-electron chi connectivity index (χ0n) is 17.3. The fourth-order valence-corrected chi connectivity index (χ4v) is 3.99. The Hall–Kier alpha value is -2.50. The van der Waals surface area contributed by atoms with E-state index in [1.807, 2.05) is 35.2 Å². The first-order valence-corrected chi connectivity index (χ1v) is 10.3. The van der Waals surface area contributed by atoms with Crippen molar-refractivity contribution in [2.45, 2.75) is 45.3 Å². The topological polar surface area (TPSA) is 60.9 Å². The van der Waals surface area contributed by atoms with Crippen LogP contribution in [0.4, 0.5) is 0 Å². The van der Waals surface area contributed by atoms with Crippen molar-refractivity contribution in [3.63, 3.8) is 0 Å². The number of carbonyl (C=O) groups excluding carboxylic acids is 2. The van der Waals surface area contributed by atoms with E-state index in [0.29, 0.717) is 31.5 Å². The highest BCUT2D eigenvalue weighted by Gasteiger charge is 2.32. The minimum absolute atomic E-state index is 0.0565. The maximum atomic E-state index is 13.0. The molecule has 5 heteroatoms. The van der Waals surface area contributed by atoms with E-state index in [-0.39, 0.29) is 23.8 Å². The highest BCUT2D eigenvalue weighted by Crippen LogP contribution is 2.21. The molecule has 5 nitrogen and oxygen atoms in total. The monoisotopic (exact) mass is 394 g/mol. The van der Waals surface area contributed by atoms with Gasteiger partial charge in [-0.1, -0.05) is 42.5 Å². The third-order valence-electron chi connectivity index (χ3n) is 5.67. The second kappa shape index (κ2) is 9.81. The fraction of sp³-hybridized carbons (Fsp3) is 0.417. The van der Waals surface area contributed by atoms with E-state index in [9.17, 15) is 9.59 Å². The first-order valence-electron chi connectivity index (χ1n) is 10.3. The predicted molar refractivity (Wildman–Crippen MR) is 114 cm³/mol. The van der Waals surface area contributed by atoms with E-state index in [1.165, 1.54) is 5.56 Å². The molecular formula is C24H30N2O3. The summed E-state index contributed by atoms with van der Waals surface area (Å²) in [5, 5.41) is 8.81. The van der Waals surface area contributed by atoms with Crippen molar-refractivity contribution >= 4 is 11.7 Å². The molecule has 29 heavy (non-hydrogen) atoms. The van der Waals surface area contributed by atoms with Crippen molar-refractivity contribution in [1.29, 1.82) is 0 Å². The van der Waals surface area contributed by atoms with E-state index in [0.717, 1.165) is 12.1 Å². The molecule has 0 aliphatic carbocycles. The molecular weight excluding hydrogens is 364 g/mol. The molecule has 1 saturated heterocycles. The molecule has 3 rings (SSSR count). The molecule has 154 valence electrons. The van der Waals surface area contributed by atoms with Crippen molar-refractivity contribution in [2.75, 3.05) is 19.7 Å². The van der Waals surface area contributed by atoms with E-state index in [1.54, 1.807) is 0 Å². The van der Waals surface area contributed by atoms with Crippen LogP contribution in [-0.2, 0) is 17.8 Å². The normalized spacial score (nSPS) is 19.9. The molecule has 0 spiro atoms. The minimum Gasteiger partial charge on any atom is -0.389 e. The minimum atomic E-state index is -0.414. The molecule has 1 fully saturated rings. The summed E-state index contributed by atoms with van der Waals surface area (Å²) in [5.74, 6) is -0.109. The van der Waals surface area contributed by atoms with Crippen LogP contribution in [-0.4, -0.2) is 58.4 Å². The van der Waals surface area contributed by atoms with Gasteiger partial charge < -0.3 is 10.0 Å². The summed E-state index contributed by atoms with van der Waals surface area (Å²) in [7, 11) is 0. The molecule has 2 aromatic carbocycles. The number of amides is 1. The Morgan fingerprint density at radius 1 is 0.931 bits per heavy atom. The Kier molecular flexibility index (Phi) is 7.18. The van der Waals surface area contributed by atoms with E-state index in [2.05, 4.69) is 43.0 Å². The molecule has 1 aliphatic heterocycles. The number of rotatable bonds is 7. The summed E-state index contributed by atoms with van der Waals surface area (Å²) in [4.78, 5) is 28.7. The van der Waals surface area contributed by atoms with Gasteiger partial charge in [-0.3, -0.25) is 14.5 Å². The molecule has 1 heterocycles. The SMILES string of the molecule is C[C@@H]1CN(C(=O)c2ccc(CCC(=O)CO)cc2)C[C@H](C)N1Cc1ccccc1. The van der Waals surface area contributed by atoms with Crippen molar-refractivity contribution < 1.29 is 14.7 Å². The Balaban J connectivity index is 1.60. The third kappa shape index (κ3) is 5.52. The molecule has 0 unspecified atom stereocenters. The van der Waals surface area contributed by atoms with Gasteiger partial charge in [-0.05, 0) is 43.5 Å². The fourth-order valence-electron chi connectivity index (χ4n) is 3.99. The Bertz CT molecular complexity index is 808. The maximum Gasteiger partial charge on any atom is 0.253 e. The number of ketones is 1. The summed E-state index contributed by atoms with van der Waals surface area (Å²) in [5.41, 5.74) is 2.97. The number of nitrogens with zero attached hydrogens (tertiary/aromatic N) is 2. The second-order valence-corrected chi connectivity index (χ2v) is 7.96. The van der Waals surface area contributed by atoms with Crippen LogP contribution >= 0.6 is 0 Å². The van der Waals surface area contributed by atoms with E-state index < -0.39 is 6.61 Å². The van der Waals surface area contributed by atoms with Crippen LogP contribution in [0.25, 0.3) is 0 Å². The lowest BCUT2D eigenvalue weighted by molar-refractivity contribution is -0.121. The number of aliphatic hydroxyl groups is 1. The first kappa shape index (κ1) is 21.2. The summed E-state index contributed by atoms with van der Waals surface area (Å²) in [6.07, 6.45) is 0.905. The molecule has 2 aromatic rings. The molecule has 1 N–H and O–H groups in total. The second-order valence-electron chi connectivity index (χ2n) is 7.96. The molecule has 0 bridgehead atoms. The van der Waals surface area contributed by atoms with Gasteiger partial charge in [0.1, 0.15) is 6.61 Å². The standard InChI is InChI=1S/C24H30N2O3/c1-18-14-25(15-19(2)26(18)16-21-6-4-3-5-7-21)24(29)22-11-8-20(9-12-22)10-13-23(28)17-27/h3-9,11-12,18-19,27H,10,13-17H2,1-2H3/t18-,19+. The van der Waals surface area contributed by atoms with Crippen molar-refractivity contribution in [3.8, 4) is 0 Å². The third-order valence-corrected chi connectivity index (χ3v) is 5.67. The Morgan fingerprint density at radius 3 is 2.14 bits per heavy atom. The number of carbonyl (C=O) groups is 2. The maximum absolute atomic E-state index is 13.0. The van der Waals surface area contributed by atoms with Gasteiger partial charge in [-0.15, -0.1) is 0 Å². The molecule has 0 saturated carbocycles. The highest BCUT2D eigenvalue weighted by molar-refractivity contribution is 5.94. The lowest BCUT2D eigenvalue weighted by atomic mass is 10.0. The van der Waals surface area contributed by atoms with Crippen LogP contribution in [0.2, 0.25) is 0 Å². The summed E-state index contributed by atoms with van der Waals surface area (Å²) >= 11 is 0. The van der Waals surface area contributed by atoms with Gasteiger partial charge in [0, 0.05) is 43.7 Å². The lowest BCUT2D eigenvalue weighted by Gasteiger charge is -2.44. The predicted octanol–water partition coefficient (Wildman–Crippen LogP) is 2.92. The summed E-state index contributed by atoms with van der Waals surface area (Å²) in [6, 6.07) is 18.5.